The van der Waals surface area contributed by atoms with E-state index in [2.05, 4.69) is 20.9 Å². The van der Waals surface area contributed by atoms with E-state index in [0.717, 1.165) is 62.4 Å². The van der Waals surface area contributed by atoms with Gasteiger partial charge in [-0.25, -0.2) is 4.98 Å². The van der Waals surface area contributed by atoms with Gasteiger partial charge >= 0.3 is 0 Å². The molecule has 0 N–H and O–H groups in total. The molecule has 132 valence electrons. The van der Waals surface area contributed by atoms with Crippen molar-refractivity contribution >= 4 is 11.7 Å². The first-order valence-electron chi connectivity index (χ1n) is 9.57. The standard InChI is InChI=1S/C20H26N4O/c1-14-5-6-16(11-21)19(22-14)23-9-7-15(8-10-23)20(25)24-12-17-3-2-4-18(17)13-24/h5-6,15,17-18H,2-4,7-10,12-13H2,1H3. The number of piperidine rings is 1. The minimum Gasteiger partial charge on any atom is -0.355 e. The summed E-state index contributed by atoms with van der Waals surface area (Å²) >= 11 is 0. The average Bonchev–Trinajstić information content (AvgIpc) is 3.23. The molecule has 0 bridgehead atoms. The third kappa shape index (κ3) is 3.10. The zero-order valence-electron chi connectivity index (χ0n) is 14.9. The first-order chi connectivity index (χ1) is 12.2. The van der Waals surface area contributed by atoms with Gasteiger partial charge < -0.3 is 9.80 Å². The van der Waals surface area contributed by atoms with Gasteiger partial charge in [0.2, 0.25) is 5.91 Å². The molecule has 3 heterocycles. The van der Waals surface area contributed by atoms with E-state index >= 15 is 0 Å². The summed E-state index contributed by atoms with van der Waals surface area (Å²) < 4.78 is 0. The van der Waals surface area contributed by atoms with Gasteiger partial charge in [0.1, 0.15) is 11.9 Å². The normalized spacial score (nSPS) is 26.6. The van der Waals surface area contributed by atoms with Crippen molar-refractivity contribution < 1.29 is 4.79 Å². The number of anilines is 1. The molecule has 1 aromatic heterocycles. The lowest BCUT2D eigenvalue weighted by Crippen LogP contribution is -2.42. The lowest BCUT2D eigenvalue weighted by molar-refractivity contribution is -0.135. The van der Waals surface area contributed by atoms with E-state index in [1.165, 1.54) is 19.3 Å². The number of aryl methyl sites for hydroxylation is 1. The Kier molecular flexibility index (Phi) is 4.37. The quantitative estimate of drug-likeness (QED) is 0.832. The fraction of sp³-hybridized carbons (Fsp3) is 0.650. The summed E-state index contributed by atoms with van der Waals surface area (Å²) in [7, 11) is 0. The molecular weight excluding hydrogens is 312 g/mol. The highest BCUT2D eigenvalue weighted by molar-refractivity contribution is 5.79. The molecule has 2 unspecified atom stereocenters. The van der Waals surface area contributed by atoms with Crippen LogP contribution in [-0.4, -0.2) is 42.0 Å². The molecule has 1 aliphatic carbocycles. The van der Waals surface area contributed by atoms with Crippen LogP contribution >= 0.6 is 0 Å². The fourth-order valence-electron chi connectivity index (χ4n) is 4.88. The van der Waals surface area contributed by atoms with Crippen LogP contribution in [0.3, 0.4) is 0 Å². The summed E-state index contributed by atoms with van der Waals surface area (Å²) in [6, 6.07) is 5.96. The zero-order valence-corrected chi connectivity index (χ0v) is 14.9. The van der Waals surface area contributed by atoms with Gasteiger partial charge in [-0.2, -0.15) is 5.26 Å². The molecule has 5 heteroatoms. The Labute approximate surface area is 149 Å². The van der Waals surface area contributed by atoms with E-state index in [-0.39, 0.29) is 5.92 Å². The van der Waals surface area contributed by atoms with E-state index in [9.17, 15) is 10.1 Å². The number of aromatic nitrogens is 1. The van der Waals surface area contributed by atoms with Crippen LogP contribution in [0.25, 0.3) is 0 Å². The second kappa shape index (κ2) is 6.67. The summed E-state index contributed by atoms with van der Waals surface area (Å²) in [5.74, 6) is 2.82. The van der Waals surface area contributed by atoms with Crippen LogP contribution < -0.4 is 4.90 Å². The Bertz CT molecular complexity index is 690. The Morgan fingerprint density at radius 2 is 1.84 bits per heavy atom. The monoisotopic (exact) mass is 338 g/mol. The number of fused-ring (bicyclic) bond motifs is 1. The predicted octanol–water partition coefficient (Wildman–Crippen LogP) is 2.74. The van der Waals surface area contributed by atoms with Crippen molar-refractivity contribution in [2.45, 2.75) is 39.0 Å². The second-order valence-electron chi connectivity index (χ2n) is 7.89. The number of likely N-dealkylation sites (tertiary alicyclic amines) is 1. The van der Waals surface area contributed by atoms with Gasteiger partial charge in [-0.05, 0) is 56.6 Å². The SMILES string of the molecule is Cc1ccc(C#N)c(N2CCC(C(=O)N3CC4CCCC4C3)CC2)n1. The average molecular weight is 338 g/mol. The number of carbonyl (C=O) groups is 1. The number of pyridine rings is 1. The van der Waals surface area contributed by atoms with Crippen LogP contribution in [0.1, 0.15) is 43.4 Å². The molecule has 0 spiro atoms. The molecule has 25 heavy (non-hydrogen) atoms. The third-order valence-electron chi connectivity index (χ3n) is 6.32. The summed E-state index contributed by atoms with van der Waals surface area (Å²) in [5.41, 5.74) is 1.55. The van der Waals surface area contributed by atoms with Crippen molar-refractivity contribution in [2.75, 3.05) is 31.1 Å². The van der Waals surface area contributed by atoms with Gasteiger partial charge in [0.05, 0.1) is 5.56 Å². The van der Waals surface area contributed by atoms with Crippen molar-refractivity contribution in [2.24, 2.45) is 17.8 Å². The third-order valence-corrected chi connectivity index (χ3v) is 6.32. The molecule has 2 saturated heterocycles. The molecule has 1 amide bonds. The maximum Gasteiger partial charge on any atom is 0.225 e. The predicted molar refractivity (Wildman–Crippen MR) is 96.0 cm³/mol. The highest BCUT2D eigenvalue weighted by atomic mass is 16.2. The molecular formula is C20H26N4O. The largest absolute Gasteiger partial charge is 0.355 e. The first-order valence-corrected chi connectivity index (χ1v) is 9.57. The molecule has 4 rings (SSSR count). The minimum absolute atomic E-state index is 0.144. The minimum atomic E-state index is 0.144. The van der Waals surface area contributed by atoms with Crippen LogP contribution in [-0.2, 0) is 4.79 Å². The van der Waals surface area contributed by atoms with Gasteiger partial charge in [-0.15, -0.1) is 0 Å². The van der Waals surface area contributed by atoms with E-state index in [1.807, 2.05) is 19.1 Å². The Hall–Kier alpha value is -2.09. The number of hydrogen-bond acceptors (Lipinski definition) is 4. The molecule has 0 aromatic carbocycles. The number of nitriles is 1. The van der Waals surface area contributed by atoms with E-state index < -0.39 is 0 Å². The second-order valence-corrected chi connectivity index (χ2v) is 7.89. The topological polar surface area (TPSA) is 60.2 Å². The van der Waals surface area contributed by atoms with Gasteiger partial charge in [-0.3, -0.25) is 4.79 Å². The molecule has 1 saturated carbocycles. The Balaban J connectivity index is 1.38. The molecule has 2 aliphatic heterocycles. The maximum absolute atomic E-state index is 12.9. The summed E-state index contributed by atoms with van der Waals surface area (Å²) in [6.07, 6.45) is 5.70. The van der Waals surface area contributed by atoms with Crippen LogP contribution in [0.5, 0.6) is 0 Å². The number of amides is 1. The van der Waals surface area contributed by atoms with Crippen LogP contribution in [0.2, 0.25) is 0 Å². The van der Waals surface area contributed by atoms with Crippen molar-refractivity contribution in [3.63, 3.8) is 0 Å². The van der Waals surface area contributed by atoms with E-state index in [4.69, 9.17) is 0 Å². The van der Waals surface area contributed by atoms with Crippen molar-refractivity contribution in [3.05, 3.63) is 23.4 Å². The molecule has 0 radical (unpaired) electrons. The number of carbonyl (C=O) groups excluding carboxylic acids is 1. The van der Waals surface area contributed by atoms with Crippen LogP contribution in [0.4, 0.5) is 5.82 Å². The van der Waals surface area contributed by atoms with Gasteiger partial charge in [0.25, 0.3) is 0 Å². The summed E-state index contributed by atoms with van der Waals surface area (Å²) in [6.45, 7) is 5.54. The molecule has 2 atom stereocenters. The zero-order chi connectivity index (χ0) is 17.4. The maximum atomic E-state index is 12.9. The Morgan fingerprint density at radius 3 is 2.48 bits per heavy atom. The van der Waals surface area contributed by atoms with Crippen LogP contribution in [0, 0.1) is 36.0 Å². The summed E-state index contributed by atoms with van der Waals surface area (Å²) in [4.78, 5) is 21.8. The van der Waals surface area contributed by atoms with Crippen molar-refractivity contribution in [1.29, 1.82) is 5.26 Å². The molecule has 3 fully saturated rings. The number of rotatable bonds is 2. The van der Waals surface area contributed by atoms with Gasteiger partial charge in [-0.1, -0.05) is 6.42 Å². The Morgan fingerprint density at radius 1 is 1.16 bits per heavy atom. The van der Waals surface area contributed by atoms with Gasteiger partial charge in [0.15, 0.2) is 0 Å². The summed E-state index contributed by atoms with van der Waals surface area (Å²) in [5, 5.41) is 9.32. The molecule has 3 aliphatic rings. The molecule has 1 aromatic rings. The van der Waals surface area contributed by atoms with Crippen molar-refractivity contribution in [3.8, 4) is 6.07 Å². The lowest BCUT2D eigenvalue weighted by Gasteiger charge is -2.34. The fourth-order valence-corrected chi connectivity index (χ4v) is 4.88. The highest BCUT2D eigenvalue weighted by Gasteiger charge is 2.40. The van der Waals surface area contributed by atoms with Gasteiger partial charge in [0, 0.05) is 37.8 Å². The van der Waals surface area contributed by atoms with E-state index in [0.29, 0.717) is 11.5 Å². The van der Waals surface area contributed by atoms with E-state index in [1.54, 1.807) is 0 Å². The smallest absolute Gasteiger partial charge is 0.225 e. The van der Waals surface area contributed by atoms with Crippen molar-refractivity contribution in [1.82, 2.24) is 9.88 Å². The highest BCUT2D eigenvalue weighted by Crippen LogP contribution is 2.38. The number of nitrogens with zero attached hydrogens (tertiary/aromatic N) is 4. The lowest BCUT2D eigenvalue weighted by atomic mass is 9.95. The number of hydrogen-bond donors (Lipinski definition) is 0. The molecule has 5 nitrogen and oxygen atoms in total. The first kappa shape index (κ1) is 16.4. The van der Waals surface area contributed by atoms with Crippen LogP contribution in [0.15, 0.2) is 12.1 Å².